The van der Waals surface area contributed by atoms with Gasteiger partial charge in [-0.15, -0.1) is 0 Å². The molecule has 1 saturated heterocycles. The van der Waals surface area contributed by atoms with Gasteiger partial charge in [0.1, 0.15) is 6.04 Å². The molecule has 1 aliphatic heterocycles. The van der Waals surface area contributed by atoms with Gasteiger partial charge in [0.15, 0.2) is 0 Å². The number of carbonyl (C=O) groups is 3. The van der Waals surface area contributed by atoms with Gasteiger partial charge < -0.3 is 15.5 Å². The van der Waals surface area contributed by atoms with Gasteiger partial charge in [0, 0.05) is 37.6 Å². The first-order chi connectivity index (χ1) is 17.4. The summed E-state index contributed by atoms with van der Waals surface area (Å²) in [7, 11) is 1.76. The van der Waals surface area contributed by atoms with Crippen molar-refractivity contribution >= 4 is 17.7 Å². The Morgan fingerprint density at radius 1 is 1.08 bits per heavy atom. The second-order valence-corrected chi connectivity index (χ2v) is 11.1. The zero-order valence-electron chi connectivity index (χ0n) is 24.0. The molecule has 0 bridgehead atoms. The molecule has 8 heteroatoms. The van der Waals surface area contributed by atoms with Crippen molar-refractivity contribution in [1.29, 1.82) is 0 Å². The van der Waals surface area contributed by atoms with Crippen LogP contribution < -0.4 is 10.6 Å². The Balaban J connectivity index is 2.13. The summed E-state index contributed by atoms with van der Waals surface area (Å²) < 4.78 is 0. The van der Waals surface area contributed by atoms with E-state index >= 15 is 0 Å². The molecule has 206 valence electrons. The molecule has 2 heterocycles. The summed E-state index contributed by atoms with van der Waals surface area (Å²) in [5.74, 6) is -0.387. The van der Waals surface area contributed by atoms with E-state index in [0.29, 0.717) is 12.1 Å². The van der Waals surface area contributed by atoms with Crippen LogP contribution in [0, 0.1) is 11.8 Å². The fourth-order valence-electron chi connectivity index (χ4n) is 4.89. The van der Waals surface area contributed by atoms with Crippen molar-refractivity contribution in [3.05, 3.63) is 41.7 Å². The van der Waals surface area contributed by atoms with Crippen molar-refractivity contribution in [1.82, 2.24) is 25.4 Å². The molecule has 0 radical (unpaired) electrons. The lowest BCUT2D eigenvalue weighted by Gasteiger charge is -2.39. The molecule has 0 aromatic carbocycles. The van der Waals surface area contributed by atoms with E-state index in [1.54, 1.807) is 31.3 Å². The summed E-state index contributed by atoms with van der Waals surface area (Å²) in [5.41, 5.74) is 1.51. The molecule has 0 saturated carbocycles. The van der Waals surface area contributed by atoms with Crippen molar-refractivity contribution in [2.45, 2.75) is 98.4 Å². The average Bonchev–Trinajstić information content (AvgIpc) is 2.87. The molecule has 3 atom stereocenters. The van der Waals surface area contributed by atoms with Gasteiger partial charge in [0.25, 0.3) is 0 Å². The Morgan fingerprint density at radius 2 is 1.73 bits per heavy atom. The number of piperidine rings is 1. The highest BCUT2D eigenvalue weighted by molar-refractivity contribution is 5.93. The number of aromatic nitrogens is 1. The largest absolute Gasteiger partial charge is 0.348 e. The average molecular weight is 514 g/mol. The Labute approximate surface area is 223 Å². The van der Waals surface area contributed by atoms with Gasteiger partial charge in [-0.3, -0.25) is 24.3 Å². The van der Waals surface area contributed by atoms with Gasteiger partial charge >= 0.3 is 0 Å². The molecule has 1 aliphatic rings. The monoisotopic (exact) mass is 513 g/mol. The highest BCUT2D eigenvalue weighted by atomic mass is 16.2. The topological polar surface area (TPSA) is 94.6 Å². The second kappa shape index (κ2) is 14.3. The normalized spacial score (nSPS) is 18.6. The van der Waals surface area contributed by atoms with Gasteiger partial charge in [0.05, 0.1) is 12.1 Å². The molecule has 1 fully saturated rings. The Morgan fingerprint density at radius 3 is 2.30 bits per heavy atom. The first-order valence-corrected chi connectivity index (χ1v) is 13.6. The van der Waals surface area contributed by atoms with Crippen molar-refractivity contribution in [2.75, 3.05) is 13.6 Å². The highest BCUT2D eigenvalue weighted by Crippen LogP contribution is 2.21. The maximum atomic E-state index is 13.7. The molecule has 2 N–H and O–H groups in total. The lowest BCUT2D eigenvalue weighted by molar-refractivity contribution is -0.140. The van der Waals surface area contributed by atoms with Gasteiger partial charge in [-0.05, 0) is 69.7 Å². The van der Waals surface area contributed by atoms with Crippen molar-refractivity contribution < 1.29 is 14.4 Å². The van der Waals surface area contributed by atoms with Crippen LogP contribution in [0.25, 0.3) is 0 Å². The molecule has 8 nitrogen and oxygen atoms in total. The van der Waals surface area contributed by atoms with Crippen LogP contribution in [-0.2, 0) is 20.9 Å². The number of carbonyl (C=O) groups excluding carboxylic acids is 3. The number of likely N-dealkylation sites (N-methyl/N-ethyl adjacent to an activating group) is 1. The third kappa shape index (κ3) is 8.66. The van der Waals surface area contributed by atoms with E-state index in [0.717, 1.165) is 31.4 Å². The third-order valence-electron chi connectivity index (χ3n) is 7.20. The first-order valence-electron chi connectivity index (χ1n) is 13.6. The number of nitrogens with zero attached hydrogens (tertiary/aromatic N) is 3. The van der Waals surface area contributed by atoms with Crippen LogP contribution in [0.1, 0.15) is 73.3 Å². The SMILES string of the molecule is C/C(=C\[C@H](C(C)C)N(C)C(=O)[C@@H](NC(=O)C1CCCCN1C(C)C)C(C)C)C(=O)NCc1ccncc1. The molecular formula is C29H47N5O3. The van der Waals surface area contributed by atoms with Crippen LogP contribution in [0.15, 0.2) is 36.2 Å². The predicted molar refractivity (Wildman–Crippen MR) is 147 cm³/mol. The molecular weight excluding hydrogens is 466 g/mol. The van der Waals surface area contributed by atoms with Crippen LogP contribution in [-0.4, -0.2) is 70.3 Å². The van der Waals surface area contributed by atoms with E-state index in [4.69, 9.17) is 0 Å². The number of hydrogen-bond donors (Lipinski definition) is 2. The fourth-order valence-corrected chi connectivity index (χ4v) is 4.89. The minimum atomic E-state index is -0.635. The molecule has 37 heavy (non-hydrogen) atoms. The van der Waals surface area contributed by atoms with Gasteiger partial charge in [-0.1, -0.05) is 40.2 Å². The summed E-state index contributed by atoms with van der Waals surface area (Å²) in [6.45, 7) is 15.3. The lowest BCUT2D eigenvalue weighted by atomic mass is 9.95. The summed E-state index contributed by atoms with van der Waals surface area (Å²) in [5, 5.41) is 6.01. The summed E-state index contributed by atoms with van der Waals surface area (Å²) in [6.07, 6.45) is 8.16. The van der Waals surface area contributed by atoms with Gasteiger partial charge in [-0.2, -0.15) is 0 Å². The van der Waals surface area contributed by atoms with Crippen LogP contribution >= 0.6 is 0 Å². The van der Waals surface area contributed by atoms with E-state index in [1.165, 1.54) is 0 Å². The molecule has 0 aliphatic carbocycles. The zero-order chi connectivity index (χ0) is 27.7. The van der Waals surface area contributed by atoms with Gasteiger partial charge in [0.2, 0.25) is 17.7 Å². The number of rotatable bonds is 11. The van der Waals surface area contributed by atoms with E-state index in [-0.39, 0.29) is 47.7 Å². The third-order valence-corrected chi connectivity index (χ3v) is 7.20. The Hall–Kier alpha value is -2.74. The van der Waals surface area contributed by atoms with Crippen LogP contribution in [0.5, 0.6) is 0 Å². The van der Waals surface area contributed by atoms with Crippen molar-refractivity contribution in [3.63, 3.8) is 0 Å². The molecule has 3 amide bonds. The van der Waals surface area contributed by atoms with E-state index in [1.807, 2.05) is 45.9 Å². The molecule has 0 spiro atoms. The molecule has 1 aromatic rings. The lowest BCUT2D eigenvalue weighted by Crippen LogP contribution is -2.58. The standard InChI is InChI=1S/C29H47N5O3/c1-19(2)25(17-22(7)27(35)31-18-23-12-14-30-15-13-23)33(8)29(37)26(20(3)4)32-28(36)24-11-9-10-16-34(24)21(5)6/h12-15,17,19-21,24-26H,9-11,16,18H2,1-8H3,(H,31,35)(H,32,36)/b22-17+/t24?,25-,26+/m1/s1. The summed E-state index contributed by atoms with van der Waals surface area (Å²) in [6, 6.07) is 2.85. The molecule has 2 rings (SSSR count). The first kappa shape index (κ1) is 30.5. The van der Waals surface area contributed by atoms with Crippen LogP contribution in [0.3, 0.4) is 0 Å². The number of hydrogen-bond acceptors (Lipinski definition) is 5. The smallest absolute Gasteiger partial charge is 0.246 e. The van der Waals surface area contributed by atoms with Crippen molar-refractivity contribution in [3.8, 4) is 0 Å². The number of amides is 3. The fraction of sp³-hybridized carbons (Fsp3) is 0.655. The van der Waals surface area contributed by atoms with E-state index in [2.05, 4.69) is 34.4 Å². The highest BCUT2D eigenvalue weighted by Gasteiger charge is 2.36. The van der Waals surface area contributed by atoms with Crippen molar-refractivity contribution in [2.24, 2.45) is 11.8 Å². The minimum absolute atomic E-state index is 0.0721. The quantitative estimate of drug-likeness (QED) is 0.442. The maximum absolute atomic E-state index is 13.7. The summed E-state index contributed by atoms with van der Waals surface area (Å²) >= 11 is 0. The number of likely N-dealkylation sites (tertiary alicyclic amines) is 1. The zero-order valence-corrected chi connectivity index (χ0v) is 24.0. The summed E-state index contributed by atoms with van der Waals surface area (Å²) in [4.78, 5) is 47.7. The Bertz CT molecular complexity index is 929. The minimum Gasteiger partial charge on any atom is -0.348 e. The van der Waals surface area contributed by atoms with Gasteiger partial charge in [-0.25, -0.2) is 0 Å². The maximum Gasteiger partial charge on any atom is 0.246 e. The molecule has 1 aromatic heterocycles. The van der Waals surface area contributed by atoms with E-state index < -0.39 is 6.04 Å². The number of pyridine rings is 1. The second-order valence-electron chi connectivity index (χ2n) is 11.1. The predicted octanol–water partition coefficient (Wildman–Crippen LogP) is 3.53. The number of nitrogens with one attached hydrogen (secondary N) is 2. The van der Waals surface area contributed by atoms with Crippen LogP contribution in [0.4, 0.5) is 0 Å². The molecule has 1 unspecified atom stereocenters. The van der Waals surface area contributed by atoms with E-state index in [9.17, 15) is 14.4 Å². The van der Waals surface area contributed by atoms with Crippen LogP contribution in [0.2, 0.25) is 0 Å². The Kier molecular flexibility index (Phi) is 11.8.